The van der Waals surface area contributed by atoms with Gasteiger partial charge in [-0.3, -0.25) is 0 Å². The molecule has 5 rings (SSSR count). The first-order valence-corrected chi connectivity index (χ1v) is 12.2. The fraction of sp³-hybridized carbons (Fsp3) is 0.458. The van der Waals surface area contributed by atoms with Gasteiger partial charge in [-0.1, -0.05) is 0 Å². The first-order valence-electron chi connectivity index (χ1n) is 12.2. The Balaban J connectivity index is 1.42. The van der Waals surface area contributed by atoms with Crippen molar-refractivity contribution in [2.45, 2.75) is 25.1 Å². The minimum atomic E-state index is -4.75. The number of nitrogens with zero attached hydrogens (tertiary/aromatic N) is 7. The largest absolute Gasteiger partial charge is 0.474 e. The number of hydrogen-bond donors (Lipinski definition) is 2. The quantitative estimate of drug-likeness (QED) is 0.487. The highest BCUT2D eigenvalue weighted by Crippen LogP contribution is 2.36. The minimum Gasteiger partial charge on any atom is -0.474 e. The maximum absolute atomic E-state index is 13.8. The Morgan fingerprint density at radius 1 is 1.03 bits per heavy atom. The van der Waals surface area contributed by atoms with E-state index in [2.05, 4.69) is 42.2 Å². The third-order valence-electron chi connectivity index (χ3n) is 6.32. The van der Waals surface area contributed by atoms with Crippen LogP contribution in [0.3, 0.4) is 0 Å². The van der Waals surface area contributed by atoms with Crippen molar-refractivity contribution in [1.29, 1.82) is 0 Å². The second kappa shape index (κ2) is 10.9. The summed E-state index contributed by atoms with van der Waals surface area (Å²) in [5.41, 5.74) is 4.58. The van der Waals surface area contributed by atoms with Crippen molar-refractivity contribution in [2.24, 2.45) is 0 Å². The zero-order valence-corrected chi connectivity index (χ0v) is 20.8. The van der Waals surface area contributed by atoms with Crippen LogP contribution in [-0.2, 0) is 10.9 Å². The van der Waals surface area contributed by atoms with Crippen LogP contribution in [0.5, 0.6) is 5.88 Å². The highest BCUT2D eigenvalue weighted by Gasteiger charge is 2.37. The molecule has 0 aliphatic carbocycles. The van der Waals surface area contributed by atoms with Crippen molar-refractivity contribution in [3.05, 3.63) is 36.3 Å². The van der Waals surface area contributed by atoms with Crippen molar-refractivity contribution in [2.75, 3.05) is 62.4 Å². The number of ether oxygens (including phenoxy) is 2. The zero-order valence-electron chi connectivity index (χ0n) is 20.8. The fourth-order valence-electron chi connectivity index (χ4n) is 4.29. The lowest BCUT2D eigenvalue weighted by molar-refractivity contribution is -0.140. The average molecular weight is 532 g/mol. The predicted molar refractivity (Wildman–Crippen MR) is 134 cm³/mol. The van der Waals surface area contributed by atoms with Gasteiger partial charge in [0.05, 0.1) is 30.8 Å². The highest BCUT2D eigenvalue weighted by molar-refractivity contribution is 5.69. The molecule has 11 nitrogen and oxygen atoms in total. The molecular formula is C24H28F3N9O2. The molecule has 3 N–H and O–H groups in total. The molecule has 3 aromatic heterocycles. The molecule has 5 heterocycles. The van der Waals surface area contributed by atoms with E-state index in [0.29, 0.717) is 37.9 Å². The van der Waals surface area contributed by atoms with Crippen molar-refractivity contribution in [3.63, 3.8) is 0 Å². The molecule has 0 aromatic carbocycles. The van der Waals surface area contributed by atoms with E-state index in [1.54, 1.807) is 18.3 Å². The summed E-state index contributed by atoms with van der Waals surface area (Å²) in [6.45, 7) is 3.85. The summed E-state index contributed by atoms with van der Waals surface area (Å²) in [6, 6.07) is 4.94. The molecule has 0 saturated carbocycles. The molecule has 14 heteroatoms. The number of anilines is 4. The van der Waals surface area contributed by atoms with Gasteiger partial charge in [-0.05, 0) is 26.0 Å². The molecule has 2 saturated heterocycles. The molecule has 202 valence electrons. The number of piperidine rings is 1. The Morgan fingerprint density at radius 2 is 1.79 bits per heavy atom. The Bertz CT molecular complexity index is 1250. The van der Waals surface area contributed by atoms with Gasteiger partial charge in [-0.15, -0.1) is 0 Å². The number of pyridine rings is 1. The van der Waals surface area contributed by atoms with Crippen molar-refractivity contribution < 1.29 is 22.6 Å². The molecule has 0 spiro atoms. The maximum atomic E-state index is 13.8. The van der Waals surface area contributed by atoms with Gasteiger partial charge < -0.3 is 30.3 Å². The number of alkyl halides is 3. The minimum absolute atomic E-state index is 0.00601. The van der Waals surface area contributed by atoms with Crippen LogP contribution in [0.2, 0.25) is 0 Å². The molecule has 2 aliphatic heterocycles. The van der Waals surface area contributed by atoms with Gasteiger partial charge in [0, 0.05) is 50.1 Å². The summed E-state index contributed by atoms with van der Waals surface area (Å²) in [4.78, 5) is 24.7. The number of nitrogens with one attached hydrogen (secondary N) is 1. The predicted octanol–water partition coefficient (Wildman–Crippen LogP) is 2.98. The first-order chi connectivity index (χ1) is 18.2. The number of hydrogen-bond acceptors (Lipinski definition) is 11. The van der Waals surface area contributed by atoms with Gasteiger partial charge in [0.25, 0.3) is 0 Å². The van der Waals surface area contributed by atoms with Gasteiger partial charge in [0.2, 0.25) is 17.8 Å². The summed E-state index contributed by atoms with van der Waals surface area (Å²) >= 11 is 0. The van der Waals surface area contributed by atoms with Gasteiger partial charge in [0.1, 0.15) is 11.9 Å². The monoisotopic (exact) mass is 531 g/mol. The van der Waals surface area contributed by atoms with Gasteiger partial charge >= 0.3 is 6.18 Å². The van der Waals surface area contributed by atoms with Crippen LogP contribution < -0.4 is 20.7 Å². The Morgan fingerprint density at radius 3 is 2.47 bits per heavy atom. The summed E-state index contributed by atoms with van der Waals surface area (Å²) < 4.78 is 52.8. The standard InChI is InChI=1S/C24H28F3N9O2/c1-35-6-4-16(5-7-35)38-20-3-2-15(13-29-20)31-19-12-18(32-23(33-19)36-8-10-37-11-9-36)17-14-30-22(28)34-21(17)24(25,26)27/h2-3,12-14,16H,4-11H2,1H3,(H2,28,30,34)(H,31,32,33). The SMILES string of the molecule is CN1CCC(Oc2ccc(Nc3cc(-c4cnc(N)nc4C(F)(F)F)nc(N4CCOCC4)n3)cn2)CC1. The lowest BCUT2D eigenvalue weighted by Gasteiger charge is -2.28. The average Bonchev–Trinajstić information content (AvgIpc) is 2.91. The molecular weight excluding hydrogens is 503 g/mol. The summed E-state index contributed by atoms with van der Waals surface area (Å²) in [6.07, 6.45) is -0.159. The van der Waals surface area contributed by atoms with Gasteiger partial charge in [-0.2, -0.15) is 18.2 Å². The summed E-state index contributed by atoms with van der Waals surface area (Å²) in [7, 11) is 2.09. The number of rotatable bonds is 6. The van der Waals surface area contributed by atoms with E-state index in [1.165, 1.54) is 6.07 Å². The molecule has 0 atom stereocenters. The molecule has 38 heavy (non-hydrogen) atoms. The van der Waals surface area contributed by atoms with Crippen LogP contribution in [0.1, 0.15) is 18.5 Å². The Hall–Kier alpha value is -3.78. The molecule has 2 fully saturated rings. The Labute approximate surface area is 217 Å². The second-order valence-electron chi connectivity index (χ2n) is 9.16. The lowest BCUT2D eigenvalue weighted by atomic mass is 10.1. The maximum Gasteiger partial charge on any atom is 0.434 e. The van der Waals surface area contributed by atoms with Gasteiger partial charge in [-0.25, -0.2) is 19.9 Å². The van der Waals surface area contributed by atoms with E-state index in [-0.39, 0.29) is 29.1 Å². The molecule has 0 amide bonds. The third kappa shape index (κ3) is 6.19. The normalized spacial score (nSPS) is 17.4. The molecule has 3 aromatic rings. The smallest absolute Gasteiger partial charge is 0.434 e. The third-order valence-corrected chi connectivity index (χ3v) is 6.32. The van der Waals surface area contributed by atoms with Crippen LogP contribution in [0.25, 0.3) is 11.3 Å². The molecule has 0 bridgehead atoms. The first kappa shape index (κ1) is 25.9. The van der Waals surface area contributed by atoms with E-state index in [0.717, 1.165) is 32.1 Å². The van der Waals surface area contributed by atoms with E-state index in [4.69, 9.17) is 15.2 Å². The van der Waals surface area contributed by atoms with Gasteiger partial charge in [0.15, 0.2) is 5.69 Å². The van der Waals surface area contributed by atoms with Crippen molar-refractivity contribution in [3.8, 4) is 17.1 Å². The summed E-state index contributed by atoms with van der Waals surface area (Å²) in [5, 5.41) is 3.12. The van der Waals surface area contributed by atoms with E-state index >= 15 is 0 Å². The fourth-order valence-corrected chi connectivity index (χ4v) is 4.29. The number of nitrogen functional groups attached to an aromatic ring is 1. The highest BCUT2D eigenvalue weighted by atomic mass is 19.4. The van der Waals surface area contributed by atoms with Crippen LogP contribution in [0.4, 0.5) is 36.6 Å². The molecule has 0 radical (unpaired) electrons. The van der Waals surface area contributed by atoms with E-state index < -0.39 is 17.8 Å². The number of morpholine rings is 1. The van der Waals surface area contributed by atoms with Crippen LogP contribution in [-0.4, -0.2) is 82.4 Å². The lowest BCUT2D eigenvalue weighted by Crippen LogP contribution is -2.37. The van der Waals surface area contributed by atoms with Crippen molar-refractivity contribution in [1.82, 2.24) is 29.8 Å². The number of aromatic nitrogens is 5. The zero-order chi connectivity index (χ0) is 26.7. The van der Waals surface area contributed by atoms with Crippen LogP contribution in [0, 0.1) is 0 Å². The topological polar surface area (TPSA) is 127 Å². The number of halogens is 3. The van der Waals surface area contributed by atoms with E-state index in [1.807, 2.05) is 4.90 Å². The van der Waals surface area contributed by atoms with Crippen molar-refractivity contribution >= 4 is 23.4 Å². The molecule has 2 aliphatic rings. The van der Waals surface area contributed by atoms with E-state index in [9.17, 15) is 13.2 Å². The number of likely N-dealkylation sites (tertiary alicyclic amines) is 1. The Kier molecular flexibility index (Phi) is 7.42. The number of nitrogens with two attached hydrogens (primary N) is 1. The summed E-state index contributed by atoms with van der Waals surface area (Å²) in [5.74, 6) is 0.576. The van der Waals surface area contributed by atoms with Crippen LogP contribution >= 0.6 is 0 Å². The van der Waals surface area contributed by atoms with Crippen LogP contribution in [0.15, 0.2) is 30.6 Å². The second-order valence-corrected chi connectivity index (χ2v) is 9.16. The molecule has 0 unspecified atom stereocenters.